The number of carbonyl (C=O) groups is 1. The molecule has 0 unspecified atom stereocenters. The average molecular weight is 494 g/mol. The number of aryl methyl sites for hydroxylation is 1. The first kappa shape index (κ1) is 23.0. The summed E-state index contributed by atoms with van der Waals surface area (Å²) in [5.74, 6) is 2.15. The molecule has 1 aromatic carbocycles. The van der Waals surface area contributed by atoms with Crippen molar-refractivity contribution in [2.24, 2.45) is 0 Å². The number of hydrogen-bond donors (Lipinski definition) is 0. The topological polar surface area (TPSA) is 85.5 Å². The van der Waals surface area contributed by atoms with E-state index in [0.29, 0.717) is 30.5 Å². The highest BCUT2D eigenvalue weighted by Crippen LogP contribution is 2.44. The van der Waals surface area contributed by atoms with Gasteiger partial charge in [-0.2, -0.15) is 4.73 Å². The molecule has 1 amide bonds. The van der Waals surface area contributed by atoms with Crippen LogP contribution in [0.15, 0.2) is 73.3 Å². The van der Waals surface area contributed by atoms with E-state index in [2.05, 4.69) is 9.88 Å². The molecule has 1 fully saturated rings. The van der Waals surface area contributed by atoms with Crippen LogP contribution in [0.4, 0.5) is 17.3 Å². The lowest BCUT2D eigenvalue weighted by Gasteiger charge is -2.24. The van der Waals surface area contributed by atoms with E-state index < -0.39 is 0 Å². The summed E-state index contributed by atoms with van der Waals surface area (Å²) in [5.41, 5.74) is 5.12. The van der Waals surface area contributed by atoms with Crippen molar-refractivity contribution in [3.8, 4) is 16.9 Å². The molecule has 0 saturated heterocycles. The highest BCUT2D eigenvalue weighted by atomic mass is 16.5. The number of ether oxygens (including phenoxy) is 1. The fraction of sp³-hybridized carbons (Fsp3) is 0.241. The van der Waals surface area contributed by atoms with Gasteiger partial charge in [-0.15, -0.1) is 0 Å². The monoisotopic (exact) mass is 493 g/mol. The van der Waals surface area contributed by atoms with Crippen molar-refractivity contribution in [2.75, 3.05) is 23.5 Å². The molecule has 186 valence electrons. The van der Waals surface area contributed by atoms with Gasteiger partial charge in [0.2, 0.25) is 0 Å². The molecule has 4 heterocycles. The van der Waals surface area contributed by atoms with Gasteiger partial charge in [0, 0.05) is 43.5 Å². The Balaban J connectivity index is 1.20. The summed E-state index contributed by atoms with van der Waals surface area (Å²) < 4.78 is 6.88. The standard InChI is InChI=1S/C29H27N5O3/c1-19-15-21(22-5-4-13-33(36)18-22)7-10-26(19)37-14-11-20-16-24-27(31-17-20)34(23-8-9-23)28-25(6-3-12-30-28)32(2)29(24)35/h3-7,10,12-13,15-18,23H,8-9,11,14H2,1-2H3. The molecule has 8 nitrogen and oxygen atoms in total. The molecule has 2 aliphatic rings. The first-order valence-corrected chi connectivity index (χ1v) is 12.4. The van der Waals surface area contributed by atoms with Crippen molar-refractivity contribution in [1.82, 2.24) is 9.97 Å². The van der Waals surface area contributed by atoms with Crippen LogP contribution in [-0.4, -0.2) is 35.6 Å². The Bertz CT molecular complexity index is 1500. The van der Waals surface area contributed by atoms with E-state index in [9.17, 15) is 10.0 Å². The van der Waals surface area contributed by atoms with Crippen molar-refractivity contribution in [3.05, 3.63) is 95.2 Å². The Hall–Kier alpha value is -4.46. The van der Waals surface area contributed by atoms with Crippen molar-refractivity contribution in [1.29, 1.82) is 0 Å². The van der Waals surface area contributed by atoms with Crippen LogP contribution >= 0.6 is 0 Å². The van der Waals surface area contributed by atoms with Gasteiger partial charge in [-0.1, -0.05) is 6.07 Å². The summed E-state index contributed by atoms with van der Waals surface area (Å²) >= 11 is 0. The third-order valence-corrected chi connectivity index (χ3v) is 6.89. The second-order valence-electron chi connectivity index (χ2n) is 9.56. The van der Waals surface area contributed by atoms with E-state index in [4.69, 9.17) is 9.72 Å². The van der Waals surface area contributed by atoms with Crippen LogP contribution in [0.2, 0.25) is 0 Å². The minimum Gasteiger partial charge on any atom is -0.619 e. The molecular formula is C29H27N5O3. The van der Waals surface area contributed by atoms with Crippen molar-refractivity contribution >= 4 is 23.2 Å². The number of benzene rings is 1. The molecule has 8 heteroatoms. The zero-order valence-electron chi connectivity index (χ0n) is 20.8. The second kappa shape index (κ2) is 9.20. The summed E-state index contributed by atoms with van der Waals surface area (Å²) in [7, 11) is 1.79. The van der Waals surface area contributed by atoms with Crippen LogP contribution in [0.25, 0.3) is 11.1 Å². The maximum absolute atomic E-state index is 13.4. The van der Waals surface area contributed by atoms with Gasteiger partial charge in [0.1, 0.15) is 11.6 Å². The Kier molecular flexibility index (Phi) is 5.71. The van der Waals surface area contributed by atoms with Gasteiger partial charge in [0.15, 0.2) is 18.2 Å². The molecule has 0 bridgehead atoms. The molecule has 0 radical (unpaired) electrons. The number of nitrogens with zero attached hydrogens (tertiary/aromatic N) is 5. The largest absolute Gasteiger partial charge is 0.619 e. The third kappa shape index (κ3) is 4.35. The first-order valence-electron chi connectivity index (χ1n) is 12.4. The van der Waals surface area contributed by atoms with E-state index in [1.54, 1.807) is 30.4 Å². The highest BCUT2D eigenvalue weighted by molar-refractivity contribution is 6.12. The lowest BCUT2D eigenvalue weighted by atomic mass is 10.0. The van der Waals surface area contributed by atoms with Crippen molar-refractivity contribution in [3.63, 3.8) is 0 Å². The number of carbonyl (C=O) groups excluding carboxylic acids is 1. The van der Waals surface area contributed by atoms with Gasteiger partial charge in [0.25, 0.3) is 5.91 Å². The number of anilines is 3. The number of aromatic nitrogens is 3. The van der Waals surface area contributed by atoms with Gasteiger partial charge in [-0.25, -0.2) is 9.97 Å². The number of hydrogen-bond acceptors (Lipinski definition) is 6. The van der Waals surface area contributed by atoms with Gasteiger partial charge < -0.3 is 19.7 Å². The third-order valence-electron chi connectivity index (χ3n) is 6.89. The SMILES string of the molecule is Cc1cc(-c2ccc[n+]([O-])c2)ccc1OCCc1cnc2c(c1)C(=O)N(C)c1cccnc1N2C1CC1. The smallest absolute Gasteiger partial charge is 0.261 e. The van der Waals surface area contributed by atoms with E-state index in [1.807, 2.05) is 55.6 Å². The number of pyridine rings is 3. The number of fused-ring (bicyclic) bond motifs is 2. The average Bonchev–Trinajstić information content (AvgIpc) is 3.75. The maximum atomic E-state index is 13.4. The predicted octanol–water partition coefficient (Wildman–Crippen LogP) is 4.60. The summed E-state index contributed by atoms with van der Waals surface area (Å²) in [6, 6.07) is 15.6. The normalized spacial score (nSPS) is 14.7. The van der Waals surface area contributed by atoms with Crippen LogP contribution < -0.4 is 19.3 Å². The Labute approximate surface area is 215 Å². The minimum atomic E-state index is -0.0885. The molecule has 3 aromatic heterocycles. The van der Waals surface area contributed by atoms with E-state index in [0.717, 1.165) is 57.1 Å². The Morgan fingerprint density at radius 1 is 1.08 bits per heavy atom. The molecule has 0 N–H and O–H groups in total. The quantitative estimate of drug-likeness (QED) is 0.288. The van der Waals surface area contributed by atoms with Gasteiger partial charge in [-0.3, -0.25) is 4.79 Å². The van der Waals surface area contributed by atoms with Crippen LogP contribution in [0.5, 0.6) is 5.75 Å². The van der Waals surface area contributed by atoms with E-state index >= 15 is 0 Å². The van der Waals surface area contributed by atoms with Crippen LogP contribution in [-0.2, 0) is 6.42 Å². The highest BCUT2D eigenvalue weighted by Gasteiger charge is 2.39. The Morgan fingerprint density at radius 2 is 1.95 bits per heavy atom. The summed E-state index contributed by atoms with van der Waals surface area (Å²) in [5, 5.41) is 11.6. The lowest BCUT2D eigenvalue weighted by Crippen LogP contribution is -2.25. The molecule has 1 aliphatic carbocycles. The fourth-order valence-electron chi connectivity index (χ4n) is 4.79. The van der Waals surface area contributed by atoms with Gasteiger partial charge in [0.05, 0.1) is 17.9 Å². The van der Waals surface area contributed by atoms with Crippen LogP contribution in [0, 0.1) is 12.1 Å². The lowest BCUT2D eigenvalue weighted by molar-refractivity contribution is -0.604. The van der Waals surface area contributed by atoms with Crippen LogP contribution in [0.1, 0.15) is 34.3 Å². The molecule has 1 saturated carbocycles. The number of amides is 1. The molecule has 4 aromatic rings. The molecule has 0 atom stereocenters. The molecule has 37 heavy (non-hydrogen) atoms. The molecule has 1 aliphatic heterocycles. The molecule has 0 spiro atoms. The second-order valence-corrected chi connectivity index (χ2v) is 9.56. The summed E-state index contributed by atoms with van der Waals surface area (Å²) in [4.78, 5) is 26.6. The first-order chi connectivity index (χ1) is 18.0. The van der Waals surface area contributed by atoms with Crippen LogP contribution in [0.3, 0.4) is 0 Å². The van der Waals surface area contributed by atoms with E-state index in [1.165, 1.54) is 6.20 Å². The minimum absolute atomic E-state index is 0.0885. The zero-order valence-corrected chi connectivity index (χ0v) is 20.8. The van der Waals surface area contributed by atoms with Crippen molar-refractivity contribution < 1.29 is 14.3 Å². The van der Waals surface area contributed by atoms with Gasteiger partial charge >= 0.3 is 0 Å². The van der Waals surface area contributed by atoms with Crippen molar-refractivity contribution in [2.45, 2.75) is 32.2 Å². The Morgan fingerprint density at radius 3 is 2.73 bits per heavy atom. The van der Waals surface area contributed by atoms with Gasteiger partial charge in [-0.05, 0) is 72.9 Å². The molecular weight excluding hydrogens is 466 g/mol. The summed E-state index contributed by atoms with van der Waals surface area (Å²) in [6.45, 7) is 2.44. The fourth-order valence-corrected chi connectivity index (χ4v) is 4.79. The predicted molar refractivity (Wildman–Crippen MR) is 141 cm³/mol. The zero-order chi connectivity index (χ0) is 25.5. The maximum Gasteiger partial charge on any atom is 0.261 e. The number of rotatable bonds is 6. The summed E-state index contributed by atoms with van der Waals surface area (Å²) in [6.07, 6.45) is 9.35. The molecule has 6 rings (SSSR count). The van der Waals surface area contributed by atoms with E-state index in [-0.39, 0.29) is 5.91 Å².